The third-order valence-corrected chi connectivity index (χ3v) is 6.43. The minimum absolute atomic E-state index is 0.0488. The molecule has 3 heterocycles. The molecule has 1 N–H and O–H groups in total. The van der Waals surface area contributed by atoms with Gasteiger partial charge in [-0.25, -0.2) is 9.97 Å². The zero-order valence-corrected chi connectivity index (χ0v) is 17.4. The quantitative estimate of drug-likeness (QED) is 0.729. The predicted octanol–water partition coefficient (Wildman–Crippen LogP) is 3.05. The third-order valence-electron chi connectivity index (χ3n) is 6.43. The summed E-state index contributed by atoms with van der Waals surface area (Å²) in [4.78, 5) is 26.6. The number of carbonyl (C=O) groups excluding carboxylic acids is 1. The van der Waals surface area contributed by atoms with Crippen LogP contribution in [-0.4, -0.2) is 58.2 Å². The van der Waals surface area contributed by atoms with Gasteiger partial charge in [0.15, 0.2) is 0 Å². The van der Waals surface area contributed by atoms with Crippen LogP contribution >= 0.6 is 0 Å². The minimum Gasteiger partial charge on any atom is -0.347 e. The van der Waals surface area contributed by atoms with Crippen LogP contribution in [0.4, 0.5) is 5.95 Å². The molecule has 1 fully saturated rings. The second-order valence-corrected chi connectivity index (χ2v) is 8.60. The summed E-state index contributed by atoms with van der Waals surface area (Å²) in [5, 5.41) is 6.95. The Balaban J connectivity index is 1.39. The van der Waals surface area contributed by atoms with Crippen molar-refractivity contribution in [2.75, 3.05) is 32.1 Å². The number of benzene rings is 1. The molecule has 154 valence electrons. The summed E-state index contributed by atoms with van der Waals surface area (Å²) in [6.45, 7) is 1.52. The van der Waals surface area contributed by atoms with Gasteiger partial charge < -0.3 is 9.80 Å². The fourth-order valence-electron chi connectivity index (χ4n) is 4.84. The lowest BCUT2D eigenvalue weighted by molar-refractivity contribution is 0.0633. The van der Waals surface area contributed by atoms with E-state index in [2.05, 4.69) is 15.2 Å². The normalized spacial score (nSPS) is 20.4. The third kappa shape index (κ3) is 3.14. The average Bonchev–Trinajstić information content (AvgIpc) is 3.43. The molecule has 2 aliphatic rings. The van der Waals surface area contributed by atoms with Crippen LogP contribution in [0.15, 0.2) is 42.7 Å². The van der Waals surface area contributed by atoms with Gasteiger partial charge in [-0.2, -0.15) is 5.10 Å². The first-order chi connectivity index (χ1) is 14.6. The Hall–Kier alpha value is -3.22. The number of fused-ring (bicyclic) bond motifs is 2. The molecule has 1 aliphatic heterocycles. The van der Waals surface area contributed by atoms with Crippen LogP contribution in [-0.2, 0) is 11.8 Å². The molecule has 0 radical (unpaired) electrons. The molecule has 1 saturated heterocycles. The number of aromatic amines is 1. The van der Waals surface area contributed by atoms with Gasteiger partial charge in [-0.3, -0.25) is 9.89 Å². The molecule has 30 heavy (non-hydrogen) atoms. The molecule has 1 aromatic carbocycles. The van der Waals surface area contributed by atoms with Crippen molar-refractivity contribution < 1.29 is 4.79 Å². The second kappa shape index (κ2) is 7.23. The van der Waals surface area contributed by atoms with Gasteiger partial charge in [0.25, 0.3) is 5.91 Å². The highest BCUT2D eigenvalue weighted by atomic mass is 16.2. The van der Waals surface area contributed by atoms with E-state index in [-0.39, 0.29) is 11.3 Å². The monoisotopic (exact) mass is 402 g/mol. The molecular weight excluding hydrogens is 376 g/mol. The van der Waals surface area contributed by atoms with Gasteiger partial charge in [-0.1, -0.05) is 12.1 Å². The van der Waals surface area contributed by atoms with E-state index >= 15 is 0 Å². The van der Waals surface area contributed by atoms with Gasteiger partial charge in [-0.05, 0) is 55.0 Å². The van der Waals surface area contributed by atoms with Crippen molar-refractivity contribution in [3.05, 3.63) is 59.5 Å². The molecule has 0 saturated carbocycles. The number of nitrogens with one attached hydrogen (secondary N) is 1. The topological polar surface area (TPSA) is 78.0 Å². The highest BCUT2D eigenvalue weighted by Crippen LogP contribution is 2.44. The van der Waals surface area contributed by atoms with Crippen molar-refractivity contribution in [2.24, 2.45) is 0 Å². The first-order valence-corrected chi connectivity index (χ1v) is 10.5. The van der Waals surface area contributed by atoms with Crippen LogP contribution < -0.4 is 4.90 Å². The van der Waals surface area contributed by atoms with Crippen LogP contribution in [0.5, 0.6) is 0 Å². The van der Waals surface area contributed by atoms with Crippen LogP contribution in [0, 0.1) is 0 Å². The molecule has 1 spiro atoms. The molecule has 1 atom stereocenters. The second-order valence-electron chi connectivity index (χ2n) is 8.60. The molecule has 1 aliphatic carbocycles. The van der Waals surface area contributed by atoms with E-state index in [1.54, 1.807) is 6.20 Å². The van der Waals surface area contributed by atoms with E-state index in [4.69, 9.17) is 4.98 Å². The van der Waals surface area contributed by atoms with Crippen molar-refractivity contribution in [1.29, 1.82) is 0 Å². The Morgan fingerprint density at radius 1 is 1.17 bits per heavy atom. The van der Waals surface area contributed by atoms with Gasteiger partial charge in [-0.15, -0.1) is 0 Å². The maximum absolute atomic E-state index is 13.3. The summed E-state index contributed by atoms with van der Waals surface area (Å²) in [6.07, 6.45) is 7.80. The Morgan fingerprint density at radius 2 is 2.00 bits per heavy atom. The largest absolute Gasteiger partial charge is 0.347 e. The first kappa shape index (κ1) is 18.8. The Morgan fingerprint density at radius 3 is 2.73 bits per heavy atom. The van der Waals surface area contributed by atoms with E-state index in [1.165, 1.54) is 5.56 Å². The SMILES string of the molecule is CN(C)c1ncc2c(n1)C1(CCCN(C(=O)c3ccc(-c4ccn[nH]4)cc3)C1)CC2. The predicted molar refractivity (Wildman–Crippen MR) is 116 cm³/mol. The van der Waals surface area contributed by atoms with Crippen molar-refractivity contribution in [1.82, 2.24) is 25.1 Å². The number of anilines is 1. The summed E-state index contributed by atoms with van der Waals surface area (Å²) in [6, 6.07) is 9.69. The Kier molecular flexibility index (Phi) is 4.53. The highest BCUT2D eigenvalue weighted by Gasteiger charge is 2.45. The van der Waals surface area contributed by atoms with Gasteiger partial charge in [0.05, 0.1) is 11.4 Å². The maximum Gasteiger partial charge on any atom is 0.253 e. The van der Waals surface area contributed by atoms with Gasteiger partial charge in [0, 0.05) is 50.6 Å². The lowest BCUT2D eigenvalue weighted by atomic mass is 9.77. The average molecular weight is 403 g/mol. The molecule has 5 rings (SSSR count). The van der Waals surface area contributed by atoms with Crippen molar-refractivity contribution in [3.63, 3.8) is 0 Å². The summed E-state index contributed by atoms with van der Waals surface area (Å²) in [7, 11) is 3.93. The van der Waals surface area contributed by atoms with Crippen LogP contribution in [0.25, 0.3) is 11.3 Å². The maximum atomic E-state index is 13.3. The summed E-state index contributed by atoms with van der Waals surface area (Å²) in [5.74, 6) is 0.841. The number of nitrogens with zero attached hydrogens (tertiary/aromatic N) is 5. The zero-order valence-electron chi connectivity index (χ0n) is 17.4. The molecular formula is C23H26N6O. The number of aryl methyl sites for hydroxylation is 1. The zero-order chi connectivity index (χ0) is 20.7. The number of piperidine rings is 1. The first-order valence-electron chi connectivity index (χ1n) is 10.5. The van der Waals surface area contributed by atoms with Crippen LogP contribution in [0.3, 0.4) is 0 Å². The van der Waals surface area contributed by atoms with E-state index in [1.807, 2.05) is 60.4 Å². The van der Waals surface area contributed by atoms with Crippen molar-refractivity contribution in [3.8, 4) is 11.3 Å². The van der Waals surface area contributed by atoms with Gasteiger partial charge in [0.1, 0.15) is 0 Å². The molecule has 3 aromatic rings. The highest BCUT2D eigenvalue weighted by molar-refractivity contribution is 5.94. The van der Waals surface area contributed by atoms with E-state index < -0.39 is 0 Å². The standard InChI is InChI=1S/C23H26N6O/c1-28(2)22-24-14-18-8-11-23(20(18)26-22)10-3-13-29(15-23)21(30)17-6-4-16(5-7-17)19-9-12-25-27-19/h4-7,9,12,14H,3,8,10-11,13,15H2,1-2H3,(H,25,27). The smallest absolute Gasteiger partial charge is 0.253 e. The number of carbonyl (C=O) groups is 1. The Labute approximate surface area is 176 Å². The fourth-order valence-corrected chi connectivity index (χ4v) is 4.84. The molecule has 1 amide bonds. The molecule has 7 nitrogen and oxygen atoms in total. The number of H-pyrrole nitrogens is 1. The van der Waals surface area contributed by atoms with Crippen molar-refractivity contribution in [2.45, 2.75) is 31.1 Å². The van der Waals surface area contributed by atoms with E-state index in [0.29, 0.717) is 0 Å². The van der Waals surface area contributed by atoms with E-state index in [0.717, 1.165) is 67.2 Å². The van der Waals surface area contributed by atoms with Crippen LogP contribution in [0.1, 0.15) is 40.9 Å². The summed E-state index contributed by atoms with van der Waals surface area (Å²) in [5.41, 5.74) is 5.03. The van der Waals surface area contributed by atoms with Gasteiger partial charge in [0.2, 0.25) is 5.95 Å². The fraction of sp³-hybridized carbons (Fsp3) is 0.391. The lowest BCUT2D eigenvalue weighted by Crippen LogP contribution is -2.48. The molecule has 7 heteroatoms. The van der Waals surface area contributed by atoms with E-state index in [9.17, 15) is 4.79 Å². The number of rotatable bonds is 3. The summed E-state index contributed by atoms with van der Waals surface area (Å²) >= 11 is 0. The van der Waals surface area contributed by atoms with Crippen molar-refractivity contribution >= 4 is 11.9 Å². The van der Waals surface area contributed by atoms with Crippen LogP contribution in [0.2, 0.25) is 0 Å². The number of aromatic nitrogens is 4. The summed E-state index contributed by atoms with van der Waals surface area (Å²) < 4.78 is 0. The number of amides is 1. The lowest BCUT2D eigenvalue weighted by Gasteiger charge is -2.40. The Bertz CT molecular complexity index is 1060. The number of hydrogen-bond donors (Lipinski definition) is 1. The van der Waals surface area contributed by atoms with Gasteiger partial charge >= 0.3 is 0 Å². The molecule has 0 bridgehead atoms. The number of likely N-dealkylation sites (tertiary alicyclic amines) is 1. The number of hydrogen-bond acceptors (Lipinski definition) is 5. The molecule has 1 unspecified atom stereocenters. The minimum atomic E-state index is -0.0488. The molecule has 2 aromatic heterocycles.